The fraction of sp³-hybridized carbons (Fsp3) is 0.409. The van der Waals surface area contributed by atoms with Crippen LogP contribution in [-0.2, 0) is 4.74 Å². The summed E-state index contributed by atoms with van der Waals surface area (Å²) >= 11 is 1.58. The van der Waals surface area contributed by atoms with Crippen LogP contribution in [0.5, 0.6) is 0 Å². The molecular formula is C22H27N3O2S. The average molecular weight is 398 g/mol. The second-order valence-corrected chi connectivity index (χ2v) is 8.95. The molecule has 1 aromatic carbocycles. The van der Waals surface area contributed by atoms with Gasteiger partial charge in [-0.15, -0.1) is 0 Å². The van der Waals surface area contributed by atoms with Crippen LogP contribution < -0.4 is 0 Å². The summed E-state index contributed by atoms with van der Waals surface area (Å²) in [5.41, 5.74) is 3.89. The molecule has 3 rings (SSSR count). The molecule has 1 aliphatic heterocycles. The molecule has 0 saturated heterocycles. The Morgan fingerprint density at radius 2 is 1.82 bits per heavy atom. The van der Waals surface area contributed by atoms with E-state index in [9.17, 15) is 4.79 Å². The number of nitrogens with zero attached hydrogens (tertiary/aromatic N) is 3. The number of carbonyl (C=O) groups excluding carboxylic acids is 1. The summed E-state index contributed by atoms with van der Waals surface area (Å²) in [6.45, 7) is 10.8. The van der Waals surface area contributed by atoms with E-state index in [4.69, 9.17) is 4.74 Å². The summed E-state index contributed by atoms with van der Waals surface area (Å²) in [6.07, 6.45) is 2.66. The average Bonchev–Trinajstić information content (AvgIpc) is 2.60. The summed E-state index contributed by atoms with van der Waals surface area (Å²) in [5, 5.41) is 0.761. The van der Waals surface area contributed by atoms with Crippen molar-refractivity contribution in [2.75, 3.05) is 13.1 Å². The Morgan fingerprint density at radius 1 is 1.14 bits per heavy atom. The van der Waals surface area contributed by atoms with Crippen molar-refractivity contribution in [2.45, 2.75) is 56.7 Å². The molecule has 0 N–H and O–H groups in total. The predicted molar refractivity (Wildman–Crippen MR) is 112 cm³/mol. The highest BCUT2D eigenvalue weighted by atomic mass is 32.2. The van der Waals surface area contributed by atoms with Crippen molar-refractivity contribution in [2.24, 2.45) is 0 Å². The lowest BCUT2D eigenvalue weighted by atomic mass is 9.99. The Hall–Kier alpha value is -2.34. The van der Waals surface area contributed by atoms with Crippen LogP contribution in [0, 0.1) is 13.8 Å². The third kappa shape index (κ3) is 5.35. The molecule has 148 valence electrons. The molecule has 0 radical (unpaired) electrons. The summed E-state index contributed by atoms with van der Waals surface area (Å²) in [4.78, 5) is 24.3. The summed E-state index contributed by atoms with van der Waals surface area (Å²) in [6, 6.07) is 10.3. The van der Waals surface area contributed by atoms with Gasteiger partial charge in [-0.2, -0.15) is 0 Å². The lowest BCUT2D eigenvalue weighted by Crippen LogP contribution is -2.39. The predicted octanol–water partition coefficient (Wildman–Crippen LogP) is 5.27. The van der Waals surface area contributed by atoms with Gasteiger partial charge in [0.15, 0.2) is 5.16 Å². The molecule has 0 bridgehead atoms. The van der Waals surface area contributed by atoms with Gasteiger partial charge >= 0.3 is 6.09 Å². The van der Waals surface area contributed by atoms with E-state index in [0.717, 1.165) is 27.9 Å². The summed E-state index contributed by atoms with van der Waals surface area (Å²) in [7, 11) is 0. The molecule has 0 fully saturated rings. The van der Waals surface area contributed by atoms with E-state index in [1.165, 1.54) is 11.1 Å². The Kier molecular flexibility index (Phi) is 6.08. The van der Waals surface area contributed by atoms with Gasteiger partial charge in [0.25, 0.3) is 0 Å². The zero-order valence-electron chi connectivity index (χ0n) is 17.2. The zero-order chi connectivity index (χ0) is 20.3. The van der Waals surface area contributed by atoms with Gasteiger partial charge in [-0.25, -0.2) is 14.8 Å². The topological polar surface area (TPSA) is 55.3 Å². The van der Waals surface area contributed by atoms with Crippen molar-refractivity contribution < 1.29 is 9.53 Å². The van der Waals surface area contributed by atoms with Gasteiger partial charge in [-0.05, 0) is 76.1 Å². The van der Waals surface area contributed by atoms with Gasteiger partial charge in [-0.1, -0.05) is 24.3 Å². The lowest BCUT2D eigenvalue weighted by Gasteiger charge is -2.30. The molecule has 2 aromatic rings. The first-order valence-corrected chi connectivity index (χ1v) is 10.3. The van der Waals surface area contributed by atoms with Crippen molar-refractivity contribution >= 4 is 23.4 Å². The van der Waals surface area contributed by atoms with E-state index in [1.807, 2.05) is 52.8 Å². The SMILES string of the molecule is Cc1cc(C)nc(Sc2ccccc2C2=CCN(C(=O)OC(C)(C)C)CC2)n1. The van der Waals surface area contributed by atoms with Crippen molar-refractivity contribution in [1.29, 1.82) is 0 Å². The van der Waals surface area contributed by atoms with E-state index >= 15 is 0 Å². The Morgan fingerprint density at radius 3 is 2.43 bits per heavy atom. The van der Waals surface area contributed by atoms with Gasteiger partial charge in [0.2, 0.25) is 0 Å². The zero-order valence-corrected chi connectivity index (χ0v) is 18.0. The highest BCUT2D eigenvalue weighted by Gasteiger charge is 2.24. The summed E-state index contributed by atoms with van der Waals surface area (Å²) in [5.74, 6) is 0. The fourth-order valence-electron chi connectivity index (χ4n) is 3.06. The monoisotopic (exact) mass is 397 g/mol. The molecule has 0 spiro atoms. The Labute approximate surface area is 171 Å². The molecule has 6 heteroatoms. The van der Waals surface area contributed by atoms with E-state index in [2.05, 4.69) is 28.2 Å². The number of carbonyl (C=O) groups is 1. The fourth-order valence-corrected chi connectivity index (χ4v) is 4.10. The first-order valence-electron chi connectivity index (χ1n) is 9.48. The van der Waals surface area contributed by atoms with Crippen LogP contribution >= 0.6 is 11.8 Å². The van der Waals surface area contributed by atoms with Gasteiger partial charge in [0.05, 0.1) is 0 Å². The molecule has 5 nitrogen and oxygen atoms in total. The molecule has 0 atom stereocenters. The van der Waals surface area contributed by atoms with Crippen molar-refractivity contribution in [1.82, 2.24) is 14.9 Å². The highest BCUT2D eigenvalue weighted by molar-refractivity contribution is 7.99. The van der Waals surface area contributed by atoms with Crippen LogP contribution in [0.25, 0.3) is 5.57 Å². The normalized spacial score (nSPS) is 14.6. The van der Waals surface area contributed by atoms with E-state index in [1.54, 1.807) is 16.7 Å². The number of benzene rings is 1. The first kappa shape index (κ1) is 20.4. The van der Waals surface area contributed by atoms with Crippen LogP contribution in [0.3, 0.4) is 0 Å². The molecule has 2 heterocycles. The molecular weight excluding hydrogens is 370 g/mol. The second-order valence-electron chi connectivity index (χ2n) is 7.94. The number of amides is 1. The molecule has 0 saturated carbocycles. The number of hydrogen-bond donors (Lipinski definition) is 0. The Balaban J connectivity index is 1.77. The standard InChI is InChI=1S/C22H27N3O2S/c1-15-14-16(2)24-20(23-15)28-19-9-7-6-8-18(19)17-10-12-25(13-11-17)21(26)27-22(3,4)5/h6-10,14H,11-13H2,1-5H3. The van der Waals surface area contributed by atoms with E-state index in [0.29, 0.717) is 13.1 Å². The smallest absolute Gasteiger partial charge is 0.410 e. The second kappa shape index (κ2) is 8.35. The molecule has 1 aromatic heterocycles. The maximum absolute atomic E-state index is 12.3. The van der Waals surface area contributed by atoms with E-state index < -0.39 is 5.60 Å². The maximum Gasteiger partial charge on any atom is 0.410 e. The van der Waals surface area contributed by atoms with E-state index in [-0.39, 0.29) is 6.09 Å². The molecule has 28 heavy (non-hydrogen) atoms. The quantitative estimate of drug-likeness (QED) is 0.661. The van der Waals surface area contributed by atoms with Crippen LogP contribution in [0.2, 0.25) is 0 Å². The minimum Gasteiger partial charge on any atom is -0.444 e. The minimum atomic E-state index is -0.476. The number of aromatic nitrogens is 2. The summed E-state index contributed by atoms with van der Waals surface area (Å²) < 4.78 is 5.48. The van der Waals surface area contributed by atoms with Crippen molar-refractivity contribution in [3.05, 3.63) is 53.4 Å². The van der Waals surface area contributed by atoms with Gasteiger partial charge in [-0.3, -0.25) is 0 Å². The van der Waals surface area contributed by atoms with Gasteiger partial charge < -0.3 is 9.64 Å². The van der Waals surface area contributed by atoms with Crippen LogP contribution in [0.4, 0.5) is 4.79 Å². The van der Waals surface area contributed by atoms with Crippen molar-refractivity contribution in [3.63, 3.8) is 0 Å². The van der Waals surface area contributed by atoms with Gasteiger partial charge in [0.1, 0.15) is 5.60 Å². The number of hydrogen-bond acceptors (Lipinski definition) is 5. The Bertz CT molecular complexity index is 883. The molecule has 1 aliphatic rings. The van der Waals surface area contributed by atoms with Crippen LogP contribution in [0.1, 0.15) is 44.1 Å². The third-order valence-electron chi connectivity index (χ3n) is 4.26. The van der Waals surface area contributed by atoms with Gasteiger partial charge in [0, 0.05) is 29.4 Å². The number of rotatable bonds is 3. The number of aryl methyl sites for hydroxylation is 2. The first-order chi connectivity index (χ1) is 13.2. The van der Waals surface area contributed by atoms with Crippen LogP contribution in [0.15, 0.2) is 46.5 Å². The molecule has 0 aliphatic carbocycles. The lowest BCUT2D eigenvalue weighted by molar-refractivity contribution is 0.0270. The third-order valence-corrected chi connectivity index (χ3v) is 5.20. The number of ether oxygens (including phenoxy) is 1. The molecule has 1 amide bonds. The largest absolute Gasteiger partial charge is 0.444 e. The maximum atomic E-state index is 12.3. The highest BCUT2D eigenvalue weighted by Crippen LogP contribution is 2.34. The van der Waals surface area contributed by atoms with Crippen LogP contribution in [-0.4, -0.2) is 39.7 Å². The minimum absolute atomic E-state index is 0.255. The molecule has 0 unspecified atom stereocenters. The van der Waals surface area contributed by atoms with Crippen molar-refractivity contribution in [3.8, 4) is 0 Å².